The first kappa shape index (κ1) is 21.8. The highest BCUT2D eigenvalue weighted by molar-refractivity contribution is 14.0. The Bertz CT molecular complexity index is 1150. The fourth-order valence-electron chi connectivity index (χ4n) is 3.27. The fraction of sp³-hybridized carbons (Fsp3) is 0.174. The van der Waals surface area contributed by atoms with Crippen LogP contribution < -0.4 is 10.6 Å². The maximum absolute atomic E-state index is 4.31. The van der Waals surface area contributed by atoms with Crippen LogP contribution in [0.5, 0.6) is 0 Å². The lowest BCUT2D eigenvalue weighted by atomic mass is 10.0. The van der Waals surface area contributed by atoms with Crippen LogP contribution >= 0.6 is 24.0 Å². The molecule has 0 atom stereocenters. The lowest BCUT2D eigenvalue weighted by Crippen LogP contribution is -2.36. The van der Waals surface area contributed by atoms with E-state index in [9.17, 15) is 0 Å². The molecular formula is C23H25IN6. The first-order chi connectivity index (χ1) is 14.2. The summed E-state index contributed by atoms with van der Waals surface area (Å²) in [4.78, 5) is 4.31. The molecule has 0 spiro atoms. The number of fused-ring (bicyclic) bond motifs is 1. The molecule has 154 valence electrons. The minimum absolute atomic E-state index is 0. The van der Waals surface area contributed by atoms with Crippen molar-refractivity contribution < 1.29 is 0 Å². The molecule has 30 heavy (non-hydrogen) atoms. The summed E-state index contributed by atoms with van der Waals surface area (Å²) in [5, 5.41) is 15.1. The summed E-state index contributed by atoms with van der Waals surface area (Å²) in [7, 11) is 1.76. The van der Waals surface area contributed by atoms with Crippen molar-refractivity contribution in [1.82, 2.24) is 25.2 Å². The largest absolute Gasteiger partial charge is 0.352 e. The molecule has 0 saturated carbocycles. The molecular weight excluding hydrogens is 487 g/mol. The molecule has 4 aromatic rings. The molecule has 0 fully saturated rings. The zero-order chi connectivity index (χ0) is 20.1. The molecule has 0 bridgehead atoms. The zero-order valence-corrected chi connectivity index (χ0v) is 19.4. The van der Waals surface area contributed by atoms with Crippen molar-refractivity contribution in [2.24, 2.45) is 4.99 Å². The SMILES string of the molecule is CN=C(NCc1cccc(-c2cccc(C)c2)c1)NCc1nnc2ccccn12.I. The Morgan fingerprint density at radius 2 is 1.67 bits per heavy atom. The molecule has 0 aliphatic heterocycles. The van der Waals surface area contributed by atoms with Crippen LogP contribution in [0.2, 0.25) is 0 Å². The Balaban J connectivity index is 0.00000256. The van der Waals surface area contributed by atoms with E-state index in [1.807, 2.05) is 28.8 Å². The van der Waals surface area contributed by atoms with Gasteiger partial charge in [0.05, 0.1) is 6.54 Å². The number of rotatable bonds is 5. The average Bonchev–Trinajstić information content (AvgIpc) is 3.17. The van der Waals surface area contributed by atoms with Gasteiger partial charge in [0, 0.05) is 19.8 Å². The van der Waals surface area contributed by atoms with Gasteiger partial charge in [-0.15, -0.1) is 34.2 Å². The predicted molar refractivity (Wildman–Crippen MR) is 132 cm³/mol. The maximum atomic E-state index is 4.31. The number of hydrogen-bond acceptors (Lipinski definition) is 3. The van der Waals surface area contributed by atoms with Crippen molar-refractivity contribution in [3.8, 4) is 11.1 Å². The summed E-state index contributed by atoms with van der Waals surface area (Å²) in [6, 6.07) is 23.0. The molecule has 7 heteroatoms. The number of benzene rings is 2. The second-order valence-electron chi connectivity index (χ2n) is 6.89. The Morgan fingerprint density at radius 3 is 2.47 bits per heavy atom. The monoisotopic (exact) mass is 512 g/mol. The van der Waals surface area contributed by atoms with E-state index >= 15 is 0 Å². The third-order valence-corrected chi connectivity index (χ3v) is 4.76. The number of nitrogens with zero attached hydrogens (tertiary/aromatic N) is 4. The maximum Gasteiger partial charge on any atom is 0.191 e. The van der Waals surface area contributed by atoms with Gasteiger partial charge in [0.1, 0.15) is 0 Å². The van der Waals surface area contributed by atoms with Gasteiger partial charge >= 0.3 is 0 Å². The number of pyridine rings is 1. The zero-order valence-electron chi connectivity index (χ0n) is 17.0. The van der Waals surface area contributed by atoms with Crippen LogP contribution in [-0.2, 0) is 13.1 Å². The van der Waals surface area contributed by atoms with Crippen LogP contribution in [0.25, 0.3) is 16.8 Å². The molecule has 4 rings (SSSR count). The van der Waals surface area contributed by atoms with Crippen LogP contribution in [-0.4, -0.2) is 27.6 Å². The smallest absolute Gasteiger partial charge is 0.191 e. The van der Waals surface area contributed by atoms with Crippen molar-refractivity contribution >= 4 is 35.6 Å². The van der Waals surface area contributed by atoms with Crippen molar-refractivity contribution in [2.75, 3.05) is 7.05 Å². The Labute approximate surface area is 193 Å². The summed E-state index contributed by atoms with van der Waals surface area (Å²) in [6.45, 7) is 3.33. The highest BCUT2D eigenvalue weighted by atomic mass is 127. The fourth-order valence-corrected chi connectivity index (χ4v) is 3.27. The molecule has 2 heterocycles. The Morgan fingerprint density at radius 1 is 0.900 bits per heavy atom. The quantitative estimate of drug-likeness (QED) is 0.239. The van der Waals surface area contributed by atoms with E-state index in [0.717, 1.165) is 17.4 Å². The number of halogens is 1. The van der Waals surface area contributed by atoms with E-state index in [1.165, 1.54) is 22.3 Å². The van der Waals surface area contributed by atoms with Gasteiger partial charge in [0.25, 0.3) is 0 Å². The Kier molecular flexibility index (Phi) is 7.40. The first-order valence-electron chi connectivity index (χ1n) is 9.62. The van der Waals surface area contributed by atoms with Crippen LogP contribution in [0, 0.1) is 6.92 Å². The van der Waals surface area contributed by atoms with Gasteiger partial charge in [0.15, 0.2) is 17.4 Å². The van der Waals surface area contributed by atoms with Gasteiger partial charge in [0.2, 0.25) is 0 Å². The van der Waals surface area contributed by atoms with E-state index in [2.05, 4.69) is 81.3 Å². The van der Waals surface area contributed by atoms with Crippen molar-refractivity contribution in [2.45, 2.75) is 20.0 Å². The standard InChI is InChI=1S/C23H24N6.HI/c1-17-7-5-9-19(13-17)20-10-6-8-18(14-20)15-25-23(24-2)26-16-22-28-27-21-11-3-4-12-29(21)22;/h3-14H,15-16H2,1-2H3,(H2,24,25,26);1H. The number of aromatic nitrogens is 3. The molecule has 0 amide bonds. The molecule has 0 aliphatic rings. The molecule has 0 radical (unpaired) electrons. The molecule has 0 unspecified atom stereocenters. The average molecular weight is 512 g/mol. The van der Waals surface area contributed by atoms with E-state index in [-0.39, 0.29) is 24.0 Å². The van der Waals surface area contributed by atoms with E-state index in [1.54, 1.807) is 7.05 Å². The highest BCUT2D eigenvalue weighted by Gasteiger charge is 2.06. The molecule has 6 nitrogen and oxygen atoms in total. The number of guanidine groups is 1. The van der Waals surface area contributed by atoms with Gasteiger partial charge in [-0.1, -0.05) is 54.1 Å². The topological polar surface area (TPSA) is 66.6 Å². The summed E-state index contributed by atoms with van der Waals surface area (Å²) < 4.78 is 1.96. The lowest BCUT2D eigenvalue weighted by Gasteiger charge is -2.12. The molecule has 2 aromatic carbocycles. The van der Waals surface area contributed by atoms with Crippen molar-refractivity contribution in [1.29, 1.82) is 0 Å². The van der Waals surface area contributed by atoms with Gasteiger partial charge in [-0.2, -0.15) is 0 Å². The Hall–Kier alpha value is -2.94. The van der Waals surface area contributed by atoms with Crippen LogP contribution in [0.3, 0.4) is 0 Å². The summed E-state index contributed by atoms with van der Waals surface area (Å²) >= 11 is 0. The number of aliphatic imine (C=N–C) groups is 1. The highest BCUT2D eigenvalue weighted by Crippen LogP contribution is 2.21. The van der Waals surface area contributed by atoms with Gasteiger partial charge in [-0.05, 0) is 41.8 Å². The normalized spacial score (nSPS) is 11.2. The minimum Gasteiger partial charge on any atom is -0.352 e. The van der Waals surface area contributed by atoms with Gasteiger partial charge in [-0.25, -0.2) is 0 Å². The number of hydrogen-bond donors (Lipinski definition) is 2. The summed E-state index contributed by atoms with van der Waals surface area (Å²) in [5.41, 5.74) is 5.73. The molecule has 2 N–H and O–H groups in total. The number of aryl methyl sites for hydroxylation is 1. The van der Waals surface area contributed by atoms with Crippen LogP contribution in [0.1, 0.15) is 17.0 Å². The van der Waals surface area contributed by atoms with Crippen LogP contribution in [0.15, 0.2) is 77.9 Å². The van der Waals surface area contributed by atoms with Crippen molar-refractivity contribution in [3.05, 3.63) is 89.9 Å². The van der Waals surface area contributed by atoms with Crippen LogP contribution in [0.4, 0.5) is 0 Å². The predicted octanol–water partition coefficient (Wildman–Crippen LogP) is 4.19. The summed E-state index contributed by atoms with van der Waals surface area (Å²) in [5.74, 6) is 1.56. The minimum atomic E-state index is 0. The van der Waals surface area contributed by atoms with Gasteiger partial charge < -0.3 is 10.6 Å². The first-order valence-corrected chi connectivity index (χ1v) is 9.62. The molecule has 0 aliphatic carbocycles. The summed E-state index contributed by atoms with van der Waals surface area (Å²) in [6.07, 6.45) is 1.96. The third kappa shape index (κ3) is 5.15. The van der Waals surface area contributed by atoms with Crippen molar-refractivity contribution in [3.63, 3.8) is 0 Å². The van der Waals surface area contributed by atoms with E-state index in [0.29, 0.717) is 13.1 Å². The van der Waals surface area contributed by atoms with E-state index < -0.39 is 0 Å². The van der Waals surface area contributed by atoms with E-state index in [4.69, 9.17) is 0 Å². The third-order valence-electron chi connectivity index (χ3n) is 4.76. The van der Waals surface area contributed by atoms with Gasteiger partial charge in [-0.3, -0.25) is 9.39 Å². The second-order valence-corrected chi connectivity index (χ2v) is 6.89. The molecule has 2 aromatic heterocycles. The lowest BCUT2D eigenvalue weighted by molar-refractivity contribution is 0.763. The second kappa shape index (κ2) is 10.2. The number of nitrogens with one attached hydrogen (secondary N) is 2. The molecule has 0 saturated heterocycles.